The molecule has 0 bridgehead atoms. The fraction of sp³-hybridized carbons (Fsp3) is 0.357. The van der Waals surface area contributed by atoms with Crippen LogP contribution in [0.1, 0.15) is 28.4 Å². The van der Waals surface area contributed by atoms with Crippen LogP contribution >= 0.6 is 22.9 Å². The van der Waals surface area contributed by atoms with E-state index in [9.17, 15) is 0 Å². The number of nitrogens with zero attached hydrogens (tertiary/aromatic N) is 1. The van der Waals surface area contributed by atoms with Crippen molar-refractivity contribution in [3.05, 3.63) is 50.9 Å². The van der Waals surface area contributed by atoms with Gasteiger partial charge in [0.2, 0.25) is 0 Å². The van der Waals surface area contributed by atoms with Gasteiger partial charge in [-0.05, 0) is 37.6 Å². The Bertz CT molecular complexity index is 493. The Balaban J connectivity index is 2.13. The minimum atomic E-state index is 0.336. The van der Waals surface area contributed by atoms with Crippen molar-refractivity contribution in [3.8, 4) is 0 Å². The van der Waals surface area contributed by atoms with Gasteiger partial charge in [-0.1, -0.05) is 30.7 Å². The van der Waals surface area contributed by atoms with Gasteiger partial charge in [-0.25, -0.2) is 4.98 Å². The summed E-state index contributed by atoms with van der Waals surface area (Å²) in [7, 11) is 0. The van der Waals surface area contributed by atoms with Gasteiger partial charge in [-0.15, -0.1) is 11.3 Å². The molecule has 0 aliphatic rings. The molecule has 1 unspecified atom stereocenters. The molecule has 0 fully saturated rings. The van der Waals surface area contributed by atoms with Gasteiger partial charge >= 0.3 is 0 Å². The Labute approximate surface area is 117 Å². The molecule has 1 heterocycles. The fourth-order valence-corrected chi connectivity index (χ4v) is 2.90. The van der Waals surface area contributed by atoms with E-state index in [2.05, 4.69) is 29.4 Å². The molecule has 0 radical (unpaired) electrons. The third-order valence-electron chi connectivity index (χ3n) is 2.79. The molecule has 1 aromatic heterocycles. The third-order valence-corrected chi connectivity index (χ3v) is 4.06. The summed E-state index contributed by atoms with van der Waals surface area (Å²) in [6.07, 6.45) is 2.94. The molecule has 18 heavy (non-hydrogen) atoms. The Morgan fingerprint density at radius 2 is 2.06 bits per heavy atom. The van der Waals surface area contributed by atoms with Gasteiger partial charge < -0.3 is 5.32 Å². The molecule has 2 rings (SSSR count). The van der Waals surface area contributed by atoms with Crippen LogP contribution in [-0.2, 0) is 6.42 Å². The topological polar surface area (TPSA) is 24.9 Å². The Hall–Kier alpha value is -0.900. The minimum Gasteiger partial charge on any atom is -0.309 e. The van der Waals surface area contributed by atoms with Crippen LogP contribution in [0.4, 0.5) is 0 Å². The Kier molecular flexibility index (Phi) is 4.75. The van der Waals surface area contributed by atoms with E-state index in [1.54, 1.807) is 11.3 Å². The SMILES string of the molecule is CCNC(Cc1ccc(Cl)cc1)c1cnc(C)s1. The van der Waals surface area contributed by atoms with Crippen LogP contribution < -0.4 is 5.32 Å². The van der Waals surface area contributed by atoms with E-state index in [1.165, 1.54) is 10.4 Å². The number of benzene rings is 1. The number of aromatic nitrogens is 1. The average Bonchev–Trinajstić information content (AvgIpc) is 2.78. The lowest BCUT2D eigenvalue weighted by Gasteiger charge is -2.16. The maximum atomic E-state index is 5.91. The van der Waals surface area contributed by atoms with Gasteiger partial charge in [0.1, 0.15) is 0 Å². The minimum absolute atomic E-state index is 0.336. The Morgan fingerprint density at radius 3 is 2.61 bits per heavy atom. The standard InChI is InChI=1S/C14H17ClN2S/c1-3-16-13(14-9-17-10(2)18-14)8-11-4-6-12(15)7-5-11/h4-7,9,13,16H,3,8H2,1-2H3. The molecule has 0 aliphatic heterocycles. The van der Waals surface area contributed by atoms with Crippen molar-refractivity contribution < 1.29 is 0 Å². The molecule has 96 valence electrons. The van der Waals surface area contributed by atoms with Crippen LogP contribution in [0.25, 0.3) is 0 Å². The molecular formula is C14H17ClN2S. The van der Waals surface area contributed by atoms with Crippen molar-refractivity contribution >= 4 is 22.9 Å². The summed E-state index contributed by atoms with van der Waals surface area (Å²) in [5.74, 6) is 0. The number of nitrogens with one attached hydrogen (secondary N) is 1. The first-order chi connectivity index (χ1) is 8.69. The quantitative estimate of drug-likeness (QED) is 0.895. The fourth-order valence-electron chi connectivity index (χ4n) is 1.91. The molecule has 0 aliphatic carbocycles. The van der Waals surface area contributed by atoms with Crippen LogP contribution in [0.5, 0.6) is 0 Å². The normalized spacial score (nSPS) is 12.6. The second-order valence-electron chi connectivity index (χ2n) is 4.22. The lowest BCUT2D eigenvalue weighted by Crippen LogP contribution is -2.22. The maximum Gasteiger partial charge on any atom is 0.0897 e. The summed E-state index contributed by atoms with van der Waals surface area (Å²) in [5.41, 5.74) is 1.29. The number of halogens is 1. The molecule has 0 saturated heterocycles. The third kappa shape index (κ3) is 3.55. The molecule has 0 amide bonds. The number of rotatable bonds is 5. The highest BCUT2D eigenvalue weighted by molar-refractivity contribution is 7.11. The highest BCUT2D eigenvalue weighted by Crippen LogP contribution is 2.24. The highest BCUT2D eigenvalue weighted by atomic mass is 35.5. The Morgan fingerprint density at radius 1 is 1.33 bits per heavy atom. The number of thiazole rings is 1. The van der Waals surface area contributed by atoms with Crippen molar-refractivity contribution in [1.29, 1.82) is 0 Å². The predicted octanol–water partition coefficient (Wildman–Crippen LogP) is 4.00. The van der Waals surface area contributed by atoms with E-state index < -0.39 is 0 Å². The highest BCUT2D eigenvalue weighted by Gasteiger charge is 2.13. The van der Waals surface area contributed by atoms with E-state index in [0.717, 1.165) is 23.0 Å². The van der Waals surface area contributed by atoms with Gasteiger partial charge in [-0.2, -0.15) is 0 Å². The van der Waals surface area contributed by atoms with E-state index >= 15 is 0 Å². The lowest BCUT2D eigenvalue weighted by molar-refractivity contribution is 0.557. The van der Waals surface area contributed by atoms with Crippen LogP contribution in [0, 0.1) is 6.92 Å². The first kappa shape index (κ1) is 13.5. The average molecular weight is 281 g/mol. The maximum absolute atomic E-state index is 5.91. The van der Waals surface area contributed by atoms with Gasteiger partial charge in [0.25, 0.3) is 0 Å². The summed E-state index contributed by atoms with van der Waals surface area (Å²) < 4.78 is 0. The zero-order chi connectivity index (χ0) is 13.0. The molecule has 2 nitrogen and oxygen atoms in total. The number of aryl methyl sites for hydroxylation is 1. The molecular weight excluding hydrogens is 264 g/mol. The largest absolute Gasteiger partial charge is 0.309 e. The van der Waals surface area contributed by atoms with Crippen LogP contribution in [0.2, 0.25) is 5.02 Å². The summed E-state index contributed by atoms with van der Waals surface area (Å²) >= 11 is 7.66. The molecule has 4 heteroatoms. The summed E-state index contributed by atoms with van der Waals surface area (Å²) in [5, 5.41) is 5.41. The van der Waals surface area contributed by atoms with Crippen molar-refractivity contribution in [2.45, 2.75) is 26.3 Å². The zero-order valence-electron chi connectivity index (χ0n) is 10.6. The molecule has 0 saturated carbocycles. The van der Waals surface area contributed by atoms with Crippen molar-refractivity contribution in [1.82, 2.24) is 10.3 Å². The van der Waals surface area contributed by atoms with E-state index in [1.807, 2.05) is 25.3 Å². The van der Waals surface area contributed by atoms with Crippen molar-refractivity contribution in [2.75, 3.05) is 6.54 Å². The first-order valence-electron chi connectivity index (χ1n) is 6.09. The summed E-state index contributed by atoms with van der Waals surface area (Å²) in [6, 6.07) is 8.39. The van der Waals surface area contributed by atoms with Gasteiger partial charge in [0.15, 0.2) is 0 Å². The number of hydrogen-bond donors (Lipinski definition) is 1. The lowest BCUT2D eigenvalue weighted by atomic mass is 10.1. The number of likely N-dealkylation sites (N-methyl/N-ethyl adjacent to an activating group) is 1. The van der Waals surface area contributed by atoms with Crippen LogP contribution in [-0.4, -0.2) is 11.5 Å². The molecule has 0 spiro atoms. The molecule has 1 aromatic carbocycles. The smallest absolute Gasteiger partial charge is 0.0897 e. The second kappa shape index (κ2) is 6.32. The van der Waals surface area contributed by atoms with Gasteiger partial charge in [0.05, 0.1) is 5.01 Å². The zero-order valence-corrected chi connectivity index (χ0v) is 12.2. The predicted molar refractivity (Wildman–Crippen MR) is 78.4 cm³/mol. The monoisotopic (exact) mass is 280 g/mol. The van der Waals surface area contributed by atoms with Crippen molar-refractivity contribution in [3.63, 3.8) is 0 Å². The summed E-state index contributed by atoms with van der Waals surface area (Å²) in [6.45, 7) is 5.12. The van der Waals surface area contributed by atoms with E-state index in [4.69, 9.17) is 11.6 Å². The van der Waals surface area contributed by atoms with Gasteiger partial charge in [-0.3, -0.25) is 0 Å². The summed E-state index contributed by atoms with van der Waals surface area (Å²) in [4.78, 5) is 5.63. The van der Waals surface area contributed by atoms with E-state index in [-0.39, 0.29) is 0 Å². The molecule has 1 atom stereocenters. The van der Waals surface area contributed by atoms with Crippen LogP contribution in [0.15, 0.2) is 30.5 Å². The molecule has 1 N–H and O–H groups in total. The molecule has 2 aromatic rings. The first-order valence-corrected chi connectivity index (χ1v) is 7.28. The second-order valence-corrected chi connectivity index (χ2v) is 5.93. The van der Waals surface area contributed by atoms with Crippen LogP contribution in [0.3, 0.4) is 0 Å². The van der Waals surface area contributed by atoms with E-state index in [0.29, 0.717) is 6.04 Å². The number of hydrogen-bond acceptors (Lipinski definition) is 3. The van der Waals surface area contributed by atoms with Gasteiger partial charge in [0, 0.05) is 22.1 Å². The van der Waals surface area contributed by atoms with Crippen molar-refractivity contribution in [2.24, 2.45) is 0 Å².